The molecule has 0 aliphatic heterocycles. The molecule has 0 amide bonds. The van der Waals surface area contributed by atoms with E-state index in [1.165, 1.54) is 0 Å². The van der Waals surface area contributed by atoms with Gasteiger partial charge >= 0.3 is 5.97 Å². The molecular weight excluding hydrogens is 272 g/mol. The van der Waals surface area contributed by atoms with Crippen molar-refractivity contribution in [3.05, 3.63) is 33.8 Å². The Morgan fingerprint density at radius 1 is 1.53 bits per heavy atom. The summed E-state index contributed by atoms with van der Waals surface area (Å²) in [6.07, 6.45) is 0. The fourth-order valence-corrected chi connectivity index (χ4v) is 1.64. The lowest BCUT2D eigenvalue weighted by Crippen LogP contribution is -2.22. The van der Waals surface area contributed by atoms with Crippen LogP contribution in [0.2, 0.25) is 0 Å². The summed E-state index contributed by atoms with van der Waals surface area (Å²) >= 11 is 2.79. The van der Waals surface area contributed by atoms with Crippen LogP contribution in [0.5, 0.6) is 0 Å². The Morgan fingerprint density at radius 2 is 2.13 bits per heavy atom. The molecule has 1 rings (SSSR count). The highest BCUT2D eigenvalue weighted by atomic mass is 79.9. The van der Waals surface area contributed by atoms with E-state index < -0.39 is 23.5 Å². The summed E-state index contributed by atoms with van der Waals surface area (Å²) in [6, 6.07) is 1.76. The topological polar surface area (TPSA) is 63.3 Å². The van der Waals surface area contributed by atoms with E-state index in [1.807, 2.05) is 0 Å². The van der Waals surface area contributed by atoms with Crippen LogP contribution in [-0.2, 0) is 4.79 Å². The molecular formula is C9H8BrF2NO2. The van der Waals surface area contributed by atoms with Crippen molar-refractivity contribution >= 4 is 21.9 Å². The fraction of sp³-hybridized carbons (Fsp3) is 0.222. The van der Waals surface area contributed by atoms with Gasteiger partial charge in [-0.15, -0.1) is 0 Å². The van der Waals surface area contributed by atoms with Gasteiger partial charge in [0.15, 0.2) is 0 Å². The third kappa shape index (κ3) is 2.51. The first kappa shape index (κ1) is 12.1. The molecule has 1 aromatic rings. The van der Waals surface area contributed by atoms with Crippen molar-refractivity contribution in [3.8, 4) is 0 Å². The lowest BCUT2D eigenvalue weighted by molar-refractivity contribution is -0.138. The first-order valence-electron chi connectivity index (χ1n) is 4.04. The van der Waals surface area contributed by atoms with Gasteiger partial charge in [-0.25, -0.2) is 8.78 Å². The largest absolute Gasteiger partial charge is 0.481 e. The number of rotatable bonds is 3. The number of hydrogen-bond donors (Lipinski definition) is 2. The van der Waals surface area contributed by atoms with Crippen molar-refractivity contribution in [3.63, 3.8) is 0 Å². The molecule has 0 saturated heterocycles. The third-order valence-electron chi connectivity index (χ3n) is 1.93. The minimum absolute atomic E-state index is 0.114. The number of carboxylic acids is 1. The fourth-order valence-electron chi connectivity index (χ4n) is 1.19. The Hall–Kier alpha value is -1.01. The van der Waals surface area contributed by atoms with Gasteiger partial charge < -0.3 is 10.8 Å². The van der Waals surface area contributed by atoms with Gasteiger partial charge in [0.25, 0.3) is 0 Å². The predicted octanol–water partition coefficient (Wildman–Crippen LogP) is 1.85. The highest BCUT2D eigenvalue weighted by Crippen LogP contribution is 2.26. The molecule has 0 heterocycles. The Morgan fingerprint density at radius 3 is 2.60 bits per heavy atom. The second-order valence-electron chi connectivity index (χ2n) is 2.92. The van der Waals surface area contributed by atoms with Crippen molar-refractivity contribution in [2.24, 2.45) is 5.73 Å². The van der Waals surface area contributed by atoms with E-state index in [0.717, 1.165) is 12.1 Å². The van der Waals surface area contributed by atoms with Gasteiger partial charge in [-0.1, -0.05) is 0 Å². The summed E-state index contributed by atoms with van der Waals surface area (Å²) < 4.78 is 26.3. The summed E-state index contributed by atoms with van der Waals surface area (Å²) in [5.41, 5.74) is 4.94. The van der Waals surface area contributed by atoms with E-state index >= 15 is 0 Å². The average molecular weight is 280 g/mol. The van der Waals surface area contributed by atoms with Gasteiger partial charge in [0.05, 0.1) is 10.4 Å². The molecule has 6 heteroatoms. The molecule has 1 atom stereocenters. The van der Waals surface area contributed by atoms with E-state index in [-0.39, 0.29) is 16.6 Å². The number of carboxylic acid groups (broad SMARTS) is 1. The normalized spacial score (nSPS) is 12.5. The zero-order valence-corrected chi connectivity index (χ0v) is 9.09. The van der Waals surface area contributed by atoms with Crippen molar-refractivity contribution in [1.29, 1.82) is 0 Å². The third-order valence-corrected chi connectivity index (χ3v) is 2.51. The number of aliphatic carboxylic acids is 1. The van der Waals surface area contributed by atoms with Crippen LogP contribution in [-0.4, -0.2) is 17.6 Å². The smallest absolute Gasteiger partial charge is 0.312 e. The molecule has 0 fully saturated rings. The maximum Gasteiger partial charge on any atom is 0.312 e. The Bertz CT molecular complexity index is 398. The van der Waals surface area contributed by atoms with E-state index in [4.69, 9.17) is 10.8 Å². The highest BCUT2D eigenvalue weighted by Gasteiger charge is 2.23. The van der Waals surface area contributed by atoms with Crippen molar-refractivity contribution < 1.29 is 18.7 Å². The van der Waals surface area contributed by atoms with Crippen LogP contribution in [0, 0.1) is 11.6 Å². The number of halogens is 3. The SMILES string of the molecule is NCC(C(=O)O)c1cc(F)cc(Br)c1F. The van der Waals surface area contributed by atoms with Gasteiger partial charge in [-0.05, 0) is 28.1 Å². The van der Waals surface area contributed by atoms with Crippen LogP contribution in [0.1, 0.15) is 11.5 Å². The lowest BCUT2D eigenvalue weighted by Gasteiger charge is -2.12. The number of benzene rings is 1. The molecule has 0 aliphatic carbocycles. The quantitative estimate of drug-likeness (QED) is 0.830. The van der Waals surface area contributed by atoms with Crippen molar-refractivity contribution in [2.75, 3.05) is 6.54 Å². The van der Waals surface area contributed by atoms with E-state index in [0.29, 0.717) is 0 Å². The monoisotopic (exact) mass is 279 g/mol. The predicted molar refractivity (Wildman–Crippen MR) is 53.5 cm³/mol. The zero-order valence-electron chi connectivity index (χ0n) is 7.51. The van der Waals surface area contributed by atoms with Crippen molar-refractivity contribution in [1.82, 2.24) is 0 Å². The summed E-state index contributed by atoms with van der Waals surface area (Å²) in [4.78, 5) is 10.7. The second kappa shape index (κ2) is 4.67. The van der Waals surface area contributed by atoms with Crippen LogP contribution in [0.15, 0.2) is 16.6 Å². The van der Waals surface area contributed by atoms with Crippen LogP contribution in [0.25, 0.3) is 0 Å². The summed E-state index contributed by atoms with van der Waals surface area (Å²) in [5, 5.41) is 8.75. The molecule has 3 N–H and O–H groups in total. The number of hydrogen-bond acceptors (Lipinski definition) is 2. The number of nitrogens with two attached hydrogens (primary N) is 1. The summed E-state index contributed by atoms with van der Waals surface area (Å²) in [6.45, 7) is -0.290. The van der Waals surface area contributed by atoms with Crippen LogP contribution < -0.4 is 5.73 Å². The molecule has 0 aliphatic rings. The van der Waals surface area contributed by atoms with E-state index in [9.17, 15) is 13.6 Å². The molecule has 82 valence electrons. The van der Waals surface area contributed by atoms with E-state index in [1.54, 1.807) is 0 Å². The van der Waals surface area contributed by atoms with Crippen molar-refractivity contribution in [2.45, 2.75) is 5.92 Å². The van der Waals surface area contributed by atoms with Gasteiger partial charge in [-0.2, -0.15) is 0 Å². The second-order valence-corrected chi connectivity index (χ2v) is 3.77. The van der Waals surface area contributed by atoms with Gasteiger partial charge in [0.2, 0.25) is 0 Å². The lowest BCUT2D eigenvalue weighted by atomic mass is 9.99. The summed E-state index contributed by atoms with van der Waals surface area (Å²) in [7, 11) is 0. The highest BCUT2D eigenvalue weighted by molar-refractivity contribution is 9.10. The molecule has 0 aromatic heterocycles. The van der Waals surface area contributed by atoms with Gasteiger partial charge in [0, 0.05) is 12.1 Å². The molecule has 3 nitrogen and oxygen atoms in total. The van der Waals surface area contributed by atoms with Crippen LogP contribution in [0.3, 0.4) is 0 Å². The van der Waals surface area contributed by atoms with E-state index in [2.05, 4.69) is 15.9 Å². The Kier molecular flexibility index (Phi) is 3.76. The first-order valence-corrected chi connectivity index (χ1v) is 4.84. The van der Waals surface area contributed by atoms with Crippen LogP contribution in [0.4, 0.5) is 8.78 Å². The minimum atomic E-state index is -1.28. The van der Waals surface area contributed by atoms with Gasteiger partial charge in [0.1, 0.15) is 11.6 Å². The molecule has 0 radical (unpaired) electrons. The van der Waals surface area contributed by atoms with Gasteiger partial charge in [-0.3, -0.25) is 4.79 Å². The molecule has 1 unspecified atom stereocenters. The maximum absolute atomic E-state index is 13.4. The summed E-state index contributed by atoms with van der Waals surface area (Å²) in [5.74, 6) is -4.03. The molecule has 0 bridgehead atoms. The maximum atomic E-state index is 13.4. The molecule has 0 spiro atoms. The molecule has 15 heavy (non-hydrogen) atoms. The number of carbonyl (C=O) groups is 1. The minimum Gasteiger partial charge on any atom is -0.481 e. The standard InChI is InChI=1S/C9H8BrF2NO2/c10-7-2-4(11)1-5(8(7)12)6(3-13)9(14)15/h1-2,6H,3,13H2,(H,14,15). The molecule has 1 aromatic carbocycles. The average Bonchev–Trinajstić information content (AvgIpc) is 2.13. The zero-order chi connectivity index (χ0) is 11.6. The molecule has 0 saturated carbocycles. The Balaban J connectivity index is 3.28. The van der Waals surface area contributed by atoms with Crippen LogP contribution >= 0.6 is 15.9 Å². The first-order chi connectivity index (χ1) is 6.97. The Labute approximate surface area is 93.0 Å².